The summed E-state index contributed by atoms with van der Waals surface area (Å²) in [7, 11) is 4.23. The molecule has 17 heavy (non-hydrogen) atoms. The molecule has 1 aliphatic rings. The van der Waals surface area contributed by atoms with Gasteiger partial charge in [0.1, 0.15) is 0 Å². The van der Waals surface area contributed by atoms with E-state index in [2.05, 4.69) is 55.5 Å². The van der Waals surface area contributed by atoms with E-state index >= 15 is 0 Å². The minimum Gasteiger partial charge on any atom is -0.377 e. The second-order valence-electron chi connectivity index (χ2n) is 4.75. The number of nitrogens with one attached hydrogen (secondary N) is 1. The molecule has 0 fully saturated rings. The van der Waals surface area contributed by atoms with Gasteiger partial charge in [0.25, 0.3) is 0 Å². The van der Waals surface area contributed by atoms with Gasteiger partial charge >= 0.3 is 0 Å². The highest BCUT2D eigenvalue weighted by molar-refractivity contribution is 5.73. The van der Waals surface area contributed by atoms with E-state index in [0.29, 0.717) is 0 Å². The largest absolute Gasteiger partial charge is 0.377 e. The molecule has 2 nitrogen and oxygen atoms in total. The van der Waals surface area contributed by atoms with Crippen molar-refractivity contribution < 1.29 is 0 Å². The lowest BCUT2D eigenvalue weighted by Crippen LogP contribution is -2.17. The first-order valence-corrected chi connectivity index (χ1v) is 6.43. The normalized spacial score (nSPS) is 13.6. The van der Waals surface area contributed by atoms with E-state index in [9.17, 15) is 0 Å². The van der Waals surface area contributed by atoms with Crippen LogP contribution in [0.5, 0.6) is 0 Å². The van der Waals surface area contributed by atoms with Crippen molar-refractivity contribution in [2.75, 3.05) is 25.5 Å². The van der Waals surface area contributed by atoms with Crippen LogP contribution in [0.1, 0.15) is 30.0 Å². The highest BCUT2D eigenvalue weighted by atomic mass is 15.1. The molecule has 1 N–H and O–H groups in total. The van der Waals surface area contributed by atoms with Gasteiger partial charge in [0.05, 0.1) is 0 Å². The van der Waals surface area contributed by atoms with Gasteiger partial charge in [0.15, 0.2) is 0 Å². The van der Waals surface area contributed by atoms with Gasteiger partial charge in [-0.05, 0) is 36.6 Å². The van der Waals surface area contributed by atoms with E-state index < -0.39 is 0 Å². The highest BCUT2D eigenvalue weighted by Crippen LogP contribution is 2.31. The fourth-order valence-corrected chi connectivity index (χ4v) is 2.42. The first-order valence-electron chi connectivity index (χ1n) is 6.43. The van der Waals surface area contributed by atoms with Crippen LogP contribution in [0.2, 0.25) is 0 Å². The lowest BCUT2D eigenvalue weighted by atomic mass is 9.91. The van der Waals surface area contributed by atoms with Crippen LogP contribution in [0.25, 0.3) is 6.08 Å². The van der Waals surface area contributed by atoms with E-state index in [4.69, 9.17) is 0 Å². The molecule has 1 aliphatic carbocycles. The number of fused-ring (bicyclic) bond motifs is 1. The topological polar surface area (TPSA) is 15.3 Å². The molecule has 2 heteroatoms. The van der Waals surface area contributed by atoms with Crippen LogP contribution < -0.4 is 10.2 Å². The predicted molar refractivity (Wildman–Crippen MR) is 75.5 cm³/mol. The van der Waals surface area contributed by atoms with Crippen molar-refractivity contribution in [2.24, 2.45) is 0 Å². The molecule has 0 spiro atoms. The van der Waals surface area contributed by atoms with Crippen molar-refractivity contribution >= 4 is 11.8 Å². The third kappa shape index (κ3) is 2.52. The molecule has 0 radical (unpaired) electrons. The fourth-order valence-electron chi connectivity index (χ4n) is 2.42. The van der Waals surface area contributed by atoms with Crippen LogP contribution in [0, 0.1) is 0 Å². The van der Waals surface area contributed by atoms with Crippen LogP contribution >= 0.6 is 0 Å². The van der Waals surface area contributed by atoms with Crippen molar-refractivity contribution in [3.63, 3.8) is 0 Å². The van der Waals surface area contributed by atoms with Crippen LogP contribution in [0.15, 0.2) is 18.2 Å². The van der Waals surface area contributed by atoms with Gasteiger partial charge in [-0.3, -0.25) is 0 Å². The summed E-state index contributed by atoms with van der Waals surface area (Å²) in [6, 6.07) is 4.51. The second-order valence-corrected chi connectivity index (χ2v) is 4.75. The van der Waals surface area contributed by atoms with Gasteiger partial charge in [0.2, 0.25) is 0 Å². The number of anilines is 1. The van der Waals surface area contributed by atoms with Crippen molar-refractivity contribution in [2.45, 2.75) is 26.3 Å². The van der Waals surface area contributed by atoms with Crippen molar-refractivity contribution in [1.82, 2.24) is 5.32 Å². The maximum absolute atomic E-state index is 3.43. The van der Waals surface area contributed by atoms with Crippen LogP contribution in [0.4, 0.5) is 5.69 Å². The molecule has 0 heterocycles. The summed E-state index contributed by atoms with van der Waals surface area (Å²) in [4.78, 5) is 2.20. The third-order valence-electron chi connectivity index (χ3n) is 3.32. The minimum atomic E-state index is 0.986. The highest BCUT2D eigenvalue weighted by Gasteiger charge is 2.14. The lowest BCUT2D eigenvalue weighted by Gasteiger charge is -2.23. The molecule has 0 saturated heterocycles. The first-order chi connectivity index (χ1) is 8.24. The Morgan fingerprint density at radius 3 is 2.82 bits per heavy atom. The Kier molecular flexibility index (Phi) is 3.85. The third-order valence-corrected chi connectivity index (χ3v) is 3.32. The van der Waals surface area contributed by atoms with Gasteiger partial charge in [-0.15, -0.1) is 0 Å². The van der Waals surface area contributed by atoms with Gasteiger partial charge < -0.3 is 10.2 Å². The van der Waals surface area contributed by atoms with Gasteiger partial charge in [0, 0.05) is 31.9 Å². The number of rotatable bonds is 4. The number of nitrogens with zero attached hydrogens (tertiary/aromatic N) is 1. The van der Waals surface area contributed by atoms with Crippen LogP contribution in [-0.4, -0.2) is 20.6 Å². The maximum atomic E-state index is 3.43. The number of hydrogen-bond acceptors (Lipinski definition) is 2. The van der Waals surface area contributed by atoms with Crippen molar-refractivity contribution in [1.29, 1.82) is 0 Å². The summed E-state index contributed by atoms with van der Waals surface area (Å²) >= 11 is 0. The smallest absolute Gasteiger partial charge is 0.0437 e. The average Bonchev–Trinajstić information content (AvgIpc) is 2.35. The van der Waals surface area contributed by atoms with E-state index in [-0.39, 0.29) is 0 Å². The average molecular weight is 230 g/mol. The van der Waals surface area contributed by atoms with E-state index in [1.807, 2.05) is 0 Å². The Morgan fingerprint density at radius 2 is 2.12 bits per heavy atom. The molecule has 92 valence electrons. The summed E-state index contributed by atoms with van der Waals surface area (Å²) < 4.78 is 0. The zero-order valence-corrected chi connectivity index (χ0v) is 11.1. The molecule has 0 unspecified atom stereocenters. The number of hydrogen-bond donors (Lipinski definition) is 1. The van der Waals surface area contributed by atoms with Crippen molar-refractivity contribution in [3.05, 3.63) is 34.9 Å². The Hall–Kier alpha value is -1.28. The Morgan fingerprint density at radius 1 is 1.29 bits per heavy atom. The van der Waals surface area contributed by atoms with Crippen LogP contribution in [0.3, 0.4) is 0 Å². The van der Waals surface area contributed by atoms with Gasteiger partial charge in [-0.1, -0.05) is 25.1 Å². The molecule has 0 saturated carbocycles. The van der Waals surface area contributed by atoms with E-state index in [0.717, 1.165) is 13.1 Å². The summed E-state index contributed by atoms with van der Waals surface area (Å²) in [5.74, 6) is 0. The van der Waals surface area contributed by atoms with Crippen LogP contribution in [-0.2, 0) is 13.0 Å². The molecular formula is C15H22N2. The molecule has 0 amide bonds. The number of benzene rings is 1. The summed E-state index contributed by atoms with van der Waals surface area (Å²) in [5, 5.41) is 3.43. The maximum Gasteiger partial charge on any atom is 0.0437 e. The van der Waals surface area contributed by atoms with E-state index in [1.165, 1.54) is 35.2 Å². The summed E-state index contributed by atoms with van der Waals surface area (Å²) in [6.07, 6.45) is 6.91. The molecule has 2 rings (SSSR count). The molecule has 0 bridgehead atoms. The molecule has 1 aromatic carbocycles. The predicted octanol–water partition coefficient (Wildman–Crippen LogP) is 2.82. The zero-order valence-electron chi connectivity index (χ0n) is 11.1. The first kappa shape index (κ1) is 12.2. The van der Waals surface area contributed by atoms with Gasteiger partial charge in [-0.25, -0.2) is 0 Å². The zero-order chi connectivity index (χ0) is 12.3. The Bertz CT molecular complexity index is 419. The summed E-state index contributed by atoms with van der Waals surface area (Å²) in [5.41, 5.74) is 5.73. The molecule has 0 aliphatic heterocycles. The summed E-state index contributed by atoms with van der Waals surface area (Å²) in [6.45, 7) is 4.17. The number of allylic oxidation sites excluding steroid dienone is 1. The standard InChI is InChI=1S/C15H22N2/c1-4-16-11-12-9-10-15(17(2)3)14-8-6-5-7-13(12)14/h6,8-10,16H,4-5,7,11H2,1-3H3. The molecule has 0 aromatic heterocycles. The Labute approximate surface area is 104 Å². The lowest BCUT2D eigenvalue weighted by molar-refractivity contribution is 0.718. The fraction of sp³-hybridized carbons (Fsp3) is 0.467. The van der Waals surface area contributed by atoms with Gasteiger partial charge in [-0.2, -0.15) is 0 Å². The molecular weight excluding hydrogens is 208 g/mol. The SMILES string of the molecule is CCNCc1ccc(N(C)C)c2c1CCC=C2. The van der Waals surface area contributed by atoms with Crippen molar-refractivity contribution in [3.8, 4) is 0 Å². The monoisotopic (exact) mass is 230 g/mol. The van der Waals surface area contributed by atoms with E-state index in [1.54, 1.807) is 0 Å². The minimum absolute atomic E-state index is 0.986. The Balaban J connectivity index is 2.41. The molecule has 0 atom stereocenters. The second kappa shape index (κ2) is 5.37. The quantitative estimate of drug-likeness (QED) is 0.855. The molecule has 1 aromatic rings.